The number of imide groups is 1. The van der Waals surface area contributed by atoms with Crippen molar-refractivity contribution in [1.29, 1.82) is 0 Å². The Morgan fingerprint density at radius 1 is 1.14 bits per heavy atom. The number of amides is 2. The van der Waals surface area contributed by atoms with Crippen LogP contribution >= 0.6 is 0 Å². The van der Waals surface area contributed by atoms with Gasteiger partial charge in [0.1, 0.15) is 0 Å². The normalized spacial score (nSPS) is 25.6. The van der Waals surface area contributed by atoms with Crippen molar-refractivity contribution in [3.8, 4) is 0 Å². The fraction of sp³-hybridized carbons (Fsp3) is 0.800. The summed E-state index contributed by atoms with van der Waals surface area (Å²) in [5.74, 6) is -1.49. The van der Waals surface area contributed by atoms with Gasteiger partial charge >= 0.3 is 5.97 Å². The third-order valence-electron chi connectivity index (χ3n) is 4.38. The summed E-state index contributed by atoms with van der Waals surface area (Å²) in [6.45, 7) is 7.67. The van der Waals surface area contributed by atoms with Gasteiger partial charge in [0, 0.05) is 23.9 Å². The molecular formula is C15H24N2O5. The van der Waals surface area contributed by atoms with Gasteiger partial charge in [0.25, 0.3) is 11.8 Å². The predicted molar refractivity (Wildman–Crippen MR) is 76.3 cm³/mol. The van der Waals surface area contributed by atoms with E-state index in [0.717, 1.165) is 0 Å². The van der Waals surface area contributed by atoms with Crippen LogP contribution in [-0.4, -0.2) is 44.2 Å². The molecule has 1 N–H and O–H groups in total. The van der Waals surface area contributed by atoms with E-state index in [1.807, 2.05) is 27.7 Å². The summed E-state index contributed by atoms with van der Waals surface area (Å²) in [4.78, 5) is 39.8. The maximum absolute atomic E-state index is 12.0. The van der Waals surface area contributed by atoms with E-state index < -0.39 is 28.9 Å². The van der Waals surface area contributed by atoms with Gasteiger partial charge in [-0.25, -0.2) is 4.79 Å². The Balaban J connectivity index is 1.97. The van der Waals surface area contributed by atoms with Gasteiger partial charge in [0.05, 0.1) is 6.42 Å². The molecule has 0 saturated carbocycles. The van der Waals surface area contributed by atoms with E-state index in [-0.39, 0.29) is 25.2 Å². The van der Waals surface area contributed by atoms with Crippen molar-refractivity contribution in [2.75, 3.05) is 0 Å². The maximum Gasteiger partial charge on any atom is 0.333 e. The summed E-state index contributed by atoms with van der Waals surface area (Å²) in [6, 6.07) is 0. The molecule has 0 spiro atoms. The zero-order chi connectivity index (χ0) is 16.7. The minimum Gasteiger partial charge on any atom is -0.330 e. The molecule has 0 unspecified atom stereocenters. The molecule has 2 rings (SSSR count). The maximum atomic E-state index is 12.0. The van der Waals surface area contributed by atoms with Gasteiger partial charge in [0.2, 0.25) is 0 Å². The highest BCUT2D eigenvalue weighted by atomic mass is 16.7. The monoisotopic (exact) mass is 312 g/mol. The first-order valence-electron chi connectivity index (χ1n) is 7.59. The fourth-order valence-corrected chi connectivity index (χ4v) is 3.65. The first-order valence-corrected chi connectivity index (χ1v) is 7.59. The van der Waals surface area contributed by atoms with Gasteiger partial charge in [-0.1, -0.05) is 0 Å². The van der Waals surface area contributed by atoms with Gasteiger partial charge in [-0.2, -0.15) is 5.06 Å². The van der Waals surface area contributed by atoms with Crippen LogP contribution in [0, 0.1) is 5.92 Å². The molecule has 0 aromatic rings. The molecule has 0 aromatic heterocycles. The van der Waals surface area contributed by atoms with Crippen LogP contribution < -0.4 is 0 Å². The van der Waals surface area contributed by atoms with E-state index in [4.69, 9.17) is 4.84 Å². The van der Waals surface area contributed by atoms with Crippen LogP contribution in [-0.2, 0) is 19.2 Å². The van der Waals surface area contributed by atoms with Gasteiger partial charge in [-0.05, 0) is 46.5 Å². The number of rotatable bonds is 3. The quantitative estimate of drug-likeness (QED) is 0.797. The molecule has 0 bridgehead atoms. The van der Waals surface area contributed by atoms with Gasteiger partial charge in [-0.3, -0.25) is 9.59 Å². The summed E-state index contributed by atoms with van der Waals surface area (Å²) in [7, 11) is 0. The number of carbonyl (C=O) groups is 3. The molecule has 2 aliphatic rings. The van der Waals surface area contributed by atoms with Crippen molar-refractivity contribution in [2.45, 2.75) is 70.9 Å². The summed E-state index contributed by atoms with van der Waals surface area (Å²) < 4.78 is 0. The first kappa shape index (κ1) is 16.9. The lowest BCUT2D eigenvalue weighted by Crippen LogP contribution is -2.59. The molecule has 2 heterocycles. The molecular weight excluding hydrogens is 288 g/mol. The summed E-state index contributed by atoms with van der Waals surface area (Å²) in [5, 5.41) is 12.2. The van der Waals surface area contributed by atoms with Crippen molar-refractivity contribution in [1.82, 2.24) is 10.1 Å². The number of carbonyl (C=O) groups excluding carboxylic acids is 3. The lowest BCUT2D eigenvalue weighted by Gasteiger charge is -2.51. The van der Waals surface area contributed by atoms with Crippen LogP contribution in [0.3, 0.4) is 0 Å². The minimum atomic E-state index is -0.577. The summed E-state index contributed by atoms with van der Waals surface area (Å²) >= 11 is 0. The van der Waals surface area contributed by atoms with Crippen LogP contribution in [0.15, 0.2) is 0 Å². The highest BCUT2D eigenvalue weighted by Crippen LogP contribution is 2.41. The number of hydrogen-bond acceptors (Lipinski definition) is 6. The van der Waals surface area contributed by atoms with Gasteiger partial charge < -0.3 is 10.0 Å². The number of hydrogen-bond donors (Lipinski definition) is 1. The fourth-order valence-electron chi connectivity index (χ4n) is 3.65. The number of nitrogens with zero attached hydrogens (tertiary/aromatic N) is 2. The molecule has 2 saturated heterocycles. The van der Waals surface area contributed by atoms with Gasteiger partial charge in [0.15, 0.2) is 0 Å². The first-order chi connectivity index (χ1) is 10.0. The van der Waals surface area contributed by atoms with E-state index in [1.165, 1.54) is 5.06 Å². The Kier molecular flexibility index (Phi) is 4.32. The second kappa shape index (κ2) is 5.62. The van der Waals surface area contributed by atoms with Crippen LogP contribution in [0.5, 0.6) is 0 Å². The second-order valence-corrected chi connectivity index (χ2v) is 7.46. The summed E-state index contributed by atoms with van der Waals surface area (Å²) in [6.07, 6.45) is 1.57. The molecule has 0 radical (unpaired) electrons. The van der Waals surface area contributed by atoms with E-state index in [2.05, 4.69) is 0 Å². The topological polar surface area (TPSA) is 87.2 Å². The highest BCUT2D eigenvalue weighted by Gasteiger charge is 2.45. The molecule has 124 valence electrons. The zero-order valence-corrected chi connectivity index (χ0v) is 13.6. The Hall–Kier alpha value is -1.47. The van der Waals surface area contributed by atoms with E-state index >= 15 is 0 Å². The van der Waals surface area contributed by atoms with Crippen LogP contribution in [0.4, 0.5) is 0 Å². The molecule has 2 amide bonds. The van der Waals surface area contributed by atoms with Crippen LogP contribution in [0.25, 0.3) is 0 Å². The van der Waals surface area contributed by atoms with E-state index in [0.29, 0.717) is 17.9 Å². The molecule has 7 nitrogen and oxygen atoms in total. The molecule has 0 atom stereocenters. The van der Waals surface area contributed by atoms with Crippen molar-refractivity contribution in [2.24, 2.45) is 5.92 Å². The van der Waals surface area contributed by atoms with Crippen molar-refractivity contribution < 1.29 is 24.4 Å². The Labute approximate surface area is 130 Å². The van der Waals surface area contributed by atoms with Crippen molar-refractivity contribution >= 4 is 17.8 Å². The smallest absolute Gasteiger partial charge is 0.330 e. The standard InChI is InChI=1S/C15H24N2O5/c1-14(2)8-10(9-15(3,4)17(14)21)7-13(20)22-16-11(18)5-6-12(16)19/h10,21H,5-9H2,1-4H3. The molecule has 7 heteroatoms. The average Bonchev–Trinajstić information content (AvgIpc) is 2.67. The molecule has 0 aromatic carbocycles. The number of hydroxylamine groups is 4. The van der Waals surface area contributed by atoms with Crippen LogP contribution in [0.1, 0.15) is 59.8 Å². The Morgan fingerprint density at radius 2 is 1.59 bits per heavy atom. The lowest BCUT2D eigenvalue weighted by atomic mass is 9.74. The summed E-state index contributed by atoms with van der Waals surface area (Å²) in [5.41, 5.74) is -0.905. The van der Waals surface area contributed by atoms with Gasteiger partial charge in [-0.15, -0.1) is 5.06 Å². The van der Waals surface area contributed by atoms with Crippen molar-refractivity contribution in [3.63, 3.8) is 0 Å². The zero-order valence-electron chi connectivity index (χ0n) is 13.6. The highest BCUT2D eigenvalue weighted by molar-refractivity contribution is 6.01. The van der Waals surface area contributed by atoms with Crippen molar-refractivity contribution in [3.05, 3.63) is 0 Å². The minimum absolute atomic E-state index is 0.0220. The molecule has 2 aliphatic heterocycles. The lowest BCUT2D eigenvalue weighted by molar-refractivity contribution is -0.252. The second-order valence-electron chi connectivity index (χ2n) is 7.46. The Morgan fingerprint density at radius 3 is 2.05 bits per heavy atom. The molecule has 0 aliphatic carbocycles. The average molecular weight is 312 g/mol. The SMILES string of the molecule is CC1(C)CC(CC(=O)ON2C(=O)CCC2=O)CC(C)(C)N1O. The molecule has 2 fully saturated rings. The Bertz CT molecular complexity index is 466. The predicted octanol–water partition coefficient (Wildman–Crippen LogP) is 1.64. The van der Waals surface area contributed by atoms with Crippen LogP contribution in [0.2, 0.25) is 0 Å². The third-order valence-corrected chi connectivity index (χ3v) is 4.38. The third kappa shape index (κ3) is 3.30. The van der Waals surface area contributed by atoms with E-state index in [1.54, 1.807) is 0 Å². The molecule has 22 heavy (non-hydrogen) atoms. The largest absolute Gasteiger partial charge is 0.333 e. The van der Waals surface area contributed by atoms with E-state index in [9.17, 15) is 19.6 Å². The number of piperidine rings is 1.